The van der Waals surface area contributed by atoms with Crippen molar-refractivity contribution in [3.05, 3.63) is 71.3 Å². The number of benzene rings is 2. The Kier molecular flexibility index (Phi) is 5.88. The first-order valence-electron chi connectivity index (χ1n) is 7.51. The van der Waals surface area contributed by atoms with Crippen molar-refractivity contribution < 1.29 is 14.7 Å². The van der Waals surface area contributed by atoms with Crippen LogP contribution in [0.1, 0.15) is 40.9 Å². The van der Waals surface area contributed by atoms with Gasteiger partial charge in [0.15, 0.2) is 0 Å². The Labute approximate surface area is 135 Å². The highest BCUT2D eigenvalue weighted by molar-refractivity contribution is 5.95. The fraction of sp³-hybridized carbons (Fsp3) is 0.222. The van der Waals surface area contributed by atoms with Gasteiger partial charge in [-0.1, -0.05) is 49.4 Å². The van der Waals surface area contributed by atoms with Crippen LogP contribution in [0.15, 0.2) is 54.6 Å². The zero-order chi connectivity index (χ0) is 16.7. The number of carbonyl (C=O) groups is 2. The van der Waals surface area contributed by atoms with E-state index >= 15 is 0 Å². The number of rotatable bonds is 5. The highest BCUT2D eigenvalue weighted by atomic mass is 16.3. The molecule has 2 aromatic carbocycles. The van der Waals surface area contributed by atoms with Gasteiger partial charge in [0.1, 0.15) is 0 Å². The molecular formula is C18H20N2O3. The van der Waals surface area contributed by atoms with Gasteiger partial charge in [0.25, 0.3) is 5.91 Å². The number of amides is 2. The molecule has 2 rings (SSSR count). The monoisotopic (exact) mass is 312 g/mol. The van der Waals surface area contributed by atoms with Crippen LogP contribution in [-0.4, -0.2) is 16.9 Å². The smallest absolute Gasteiger partial charge is 0.269 e. The quantitative estimate of drug-likeness (QED) is 0.740. The molecule has 5 nitrogen and oxygen atoms in total. The minimum absolute atomic E-state index is 0.126. The molecule has 120 valence electrons. The Morgan fingerprint density at radius 1 is 1.00 bits per heavy atom. The molecule has 0 saturated heterocycles. The standard InChI is InChI=1S/C18H20N2O3/c1-2-13-8-10-15(11-9-13)18(23)20-19-17(22)12-16(21)14-6-4-3-5-7-14/h3-11,16,21H,2,12H2,1H3,(H,19,22)(H,20,23). The maximum atomic E-state index is 11.9. The highest BCUT2D eigenvalue weighted by Crippen LogP contribution is 2.15. The molecule has 0 aliphatic heterocycles. The third-order valence-corrected chi connectivity index (χ3v) is 3.50. The first-order chi connectivity index (χ1) is 11.1. The molecule has 0 bridgehead atoms. The van der Waals surface area contributed by atoms with E-state index in [4.69, 9.17) is 0 Å². The van der Waals surface area contributed by atoms with Gasteiger partial charge in [-0.25, -0.2) is 0 Å². The van der Waals surface area contributed by atoms with Crippen LogP contribution in [0.5, 0.6) is 0 Å². The Balaban J connectivity index is 1.82. The largest absolute Gasteiger partial charge is 0.388 e. The lowest BCUT2D eigenvalue weighted by atomic mass is 10.1. The van der Waals surface area contributed by atoms with E-state index in [-0.39, 0.29) is 6.42 Å². The first kappa shape index (κ1) is 16.7. The first-order valence-corrected chi connectivity index (χ1v) is 7.51. The van der Waals surface area contributed by atoms with Crippen molar-refractivity contribution in [2.24, 2.45) is 0 Å². The topological polar surface area (TPSA) is 78.4 Å². The fourth-order valence-electron chi connectivity index (χ4n) is 2.11. The Morgan fingerprint density at radius 2 is 1.65 bits per heavy atom. The third-order valence-electron chi connectivity index (χ3n) is 3.50. The Morgan fingerprint density at radius 3 is 2.26 bits per heavy atom. The van der Waals surface area contributed by atoms with Crippen LogP contribution in [0.4, 0.5) is 0 Å². The molecule has 0 heterocycles. The van der Waals surface area contributed by atoms with Gasteiger partial charge in [-0.3, -0.25) is 20.4 Å². The molecule has 1 atom stereocenters. The normalized spacial score (nSPS) is 11.6. The molecule has 1 unspecified atom stereocenters. The number of aryl methyl sites for hydroxylation is 1. The second-order valence-electron chi connectivity index (χ2n) is 5.18. The molecular weight excluding hydrogens is 292 g/mol. The van der Waals surface area contributed by atoms with Crippen molar-refractivity contribution in [1.82, 2.24) is 10.9 Å². The minimum Gasteiger partial charge on any atom is -0.388 e. The van der Waals surface area contributed by atoms with Crippen LogP contribution in [0.2, 0.25) is 0 Å². The lowest BCUT2D eigenvalue weighted by Gasteiger charge is -2.12. The summed E-state index contributed by atoms with van der Waals surface area (Å²) >= 11 is 0. The molecule has 0 aliphatic carbocycles. The number of hydrazine groups is 1. The number of aliphatic hydroxyl groups excluding tert-OH is 1. The summed E-state index contributed by atoms with van der Waals surface area (Å²) < 4.78 is 0. The fourth-order valence-corrected chi connectivity index (χ4v) is 2.11. The van der Waals surface area contributed by atoms with Gasteiger partial charge in [0, 0.05) is 5.56 Å². The summed E-state index contributed by atoms with van der Waals surface area (Å²) in [6.45, 7) is 2.04. The van der Waals surface area contributed by atoms with Crippen LogP contribution in [0.25, 0.3) is 0 Å². The summed E-state index contributed by atoms with van der Waals surface area (Å²) in [5.41, 5.74) is 6.91. The number of hydrogen-bond acceptors (Lipinski definition) is 3. The van der Waals surface area contributed by atoms with Crippen molar-refractivity contribution in [2.75, 3.05) is 0 Å². The molecule has 2 aromatic rings. The number of aliphatic hydroxyl groups is 1. The Hall–Kier alpha value is -2.66. The predicted molar refractivity (Wildman–Crippen MR) is 87.4 cm³/mol. The second kappa shape index (κ2) is 8.10. The van der Waals surface area contributed by atoms with Gasteiger partial charge < -0.3 is 5.11 Å². The molecule has 23 heavy (non-hydrogen) atoms. The van der Waals surface area contributed by atoms with E-state index in [0.717, 1.165) is 12.0 Å². The number of carbonyl (C=O) groups excluding carboxylic acids is 2. The predicted octanol–water partition coefficient (Wildman–Crippen LogP) is 2.13. The van der Waals surface area contributed by atoms with Crippen molar-refractivity contribution in [3.63, 3.8) is 0 Å². The second-order valence-corrected chi connectivity index (χ2v) is 5.18. The summed E-state index contributed by atoms with van der Waals surface area (Å²) in [5.74, 6) is -0.852. The lowest BCUT2D eigenvalue weighted by molar-refractivity contribution is -0.123. The van der Waals surface area contributed by atoms with Crippen molar-refractivity contribution in [1.29, 1.82) is 0 Å². The average Bonchev–Trinajstić information content (AvgIpc) is 2.60. The van der Waals surface area contributed by atoms with Crippen molar-refractivity contribution in [3.8, 4) is 0 Å². The van der Waals surface area contributed by atoms with Gasteiger partial charge in [-0.05, 0) is 29.7 Å². The van der Waals surface area contributed by atoms with E-state index in [9.17, 15) is 14.7 Å². The van der Waals surface area contributed by atoms with E-state index in [2.05, 4.69) is 10.9 Å². The third kappa shape index (κ3) is 4.93. The summed E-state index contributed by atoms with van der Waals surface area (Å²) in [7, 11) is 0. The van der Waals surface area contributed by atoms with Crippen LogP contribution in [0.3, 0.4) is 0 Å². The van der Waals surface area contributed by atoms with E-state index in [0.29, 0.717) is 11.1 Å². The molecule has 5 heteroatoms. The average molecular weight is 312 g/mol. The molecule has 0 aromatic heterocycles. The molecule has 0 fully saturated rings. The van der Waals surface area contributed by atoms with Crippen LogP contribution in [0, 0.1) is 0 Å². The van der Waals surface area contributed by atoms with E-state index in [1.165, 1.54) is 0 Å². The van der Waals surface area contributed by atoms with Crippen LogP contribution in [-0.2, 0) is 11.2 Å². The lowest BCUT2D eigenvalue weighted by Crippen LogP contribution is -2.42. The SMILES string of the molecule is CCc1ccc(C(=O)NNC(=O)CC(O)c2ccccc2)cc1. The van der Waals surface area contributed by atoms with Gasteiger partial charge in [0.05, 0.1) is 12.5 Å². The zero-order valence-electron chi connectivity index (χ0n) is 13.0. The van der Waals surface area contributed by atoms with Crippen molar-refractivity contribution in [2.45, 2.75) is 25.9 Å². The Bertz CT molecular complexity index is 654. The van der Waals surface area contributed by atoms with E-state index in [1.807, 2.05) is 25.1 Å². The van der Waals surface area contributed by atoms with Crippen LogP contribution >= 0.6 is 0 Å². The summed E-state index contributed by atoms with van der Waals surface area (Å²) in [5, 5.41) is 9.96. The molecule has 0 radical (unpaired) electrons. The molecule has 0 aliphatic rings. The minimum atomic E-state index is -0.906. The van der Waals surface area contributed by atoms with Crippen molar-refractivity contribution >= 4 is 11.8 Å². The summed E-state index contributed by atoms with van der Waals surface area (Å²) in [6.07, 6.45) is -0.133. The molecule has 0 spiro atoms. The highest BCUT2D eigenvalue weighted by Gasteiger charge is 2.13. The van der Waals surface area contributed by atoms with Gasteiger partial charge in [0.2, 0.25) is 5.91 Å². The molecule has 0 saturated carbocycles. The van der Waals surface area contributed by atoms with Crippen LogP contribution < -0.4 is 10.9 Å². The molecule has 3 N–H and O–H groups in total. The summed E-state index contributed by atoms with van der Waals surface area (Å²) in [6, 6.07) is 16.1. The maximum Gasteiger partial charge on any atom is 0.269 e. The summed E-state index contributed by atoms with van der Waals surface area (Å²) in [4.78, 5) is 23.7. The van der Waals surface area contributed by atoms with Gasteiger partial charge >= 0.3 is 0 Å². The maximum absolute atomic E-state index is 11.9. The van der Waals surface area contributed by atoms with E-state index in [1.54, 1.807) is 36.4 Å². The van der Waals surface area contributed by atoms with Gasteiger partial charge in [-0.2, -0.15) is 0 Å². The van der Waals surface area contributed by atoms with E-state index < -0.39 is 17.9 Å². The zero-order valence-corrected chi connectivity index (χ0v) is 13.0. The number of nitrogens with one attached hydrogen (secondary N) is 2. The number of hydrogen-bond donors (Lipinski definition) is 3. The van der Waals surface area contributed by atoms with Gasteiger partial charge in [-0.15, -0.1) is 0 Å². The molecule has 2 amide bonds.